The van der Waals surface area contributed by atoms with Crippen molar-refractivity contribution in [2.45, 2.75) is 17.9 Å². The zero-order valence-corrected chi connectivity index (χ0v) is 16.0. The number of nitrogens with two attached hydrogens (primary N) is 1. The highest BCUT2D eigenvalue weighted by molar-refractivity contribution is 7.89. The van der Waals surface area contributed by atoms with Gasteiger partial charge in [-0.25, -0.2) is 8.42 Å². The SMILES string of the molecule is CC(=O)N1CCN(S(=O)(=O)c2ccc(Oc3ccncc3)cc2)C(C(N)=O)C1. The minimum atomic E-state index is -3.97. The quantitative estimate of drug-likeness (QED) is 0.778. The standard InChI is InChI=1S/C18H20N4O5S/c1-13(23)21-10-11-22(17(12-21)18(19)24)28(25,26)16-4-2-14(3-5-16)27-15-6-8-20-9-7-15/h2-9,17H,10-12H2,1H3,(H2,19,24). The van der Waals surface area contributed by atoms with Crippen molar-refractivity contribution in [3.8, 4) is 11.5 Å². The first-order valence-electron chi connectivity index (χ1n) is 8.53. The van der Waals surface area contributed by atoms with Gasteiger partial charge in [0.25, 0.3) is 0 Å². The molecule has 0 spiro atoms. The maximum Gasteiger partial charge on any atom is 0.243 e. The van der Waals surface area contributed by atoms with Gasteiger partial charge in [0.2, 0.25) is 21.8 Å². The number of ether oxygens (including phenoxy) is 1. The number of nitrogens with zero attached hydrogens (tertiary/aromatic N) is 3. The zero-order valence-electron chi connectivity index (χ0n) is 15.2. The Hall–Kier alpha value is -2.98. The highest BCUT2D eigenvalue weighted by Gasteiger charge is 2.39. The van der Waals surface area contributed by atoms with Crippen molar-refractivity contribution < 1.29 is 22.7 Å². The van der Waals surface area contributed by atoms with E-state index in [0.29, 0.717) is 11.5 Å². The van der Waals surface area contributed by atoms with Gasteiger partial charge in [0.15, 0.2) is 0 Å². The summed E-state index contributed by atoms with van der Waals surface area (Å²) in [6.07, 6.45) is 3.16. The molecular weight excluding hydrogens is 384 g/mol. The molecule has 28 heavy (non-hydrogen) atoms. The Balaban J connectivity index is 1.81. The van der Waals surface area contributed by atoms with Crippen LogP contribution in [0.25, 0.3) is 0 Å². The van der Waals surface area contributed by atoms with Crippen molar-refractivity contribution in [1.82, 2.24) is 14.2 Å². The van der Waals surface area contributed by atoms with E-state index in [4.69, 9.17) is 10.5 Å². The van der Waals surface area contributed by atoms with Crippen LogP contribution in [0.1, 0.15) is 6.92 Å². The van der Waals surface area contributed by atoms with Crippen LogP contribution >= 0.6 is 0 Å². The summed E-state index contributed by atoms with van der Waals surface area (Å²) >= 11 is 0. The molecule has 2 heterocycles. The number of benzene rings is 1. The number of amides is 2. The fraction of sp³-hybridized carbons (Fsp3) is 0.278. The third kappa shape index (κ3) is 4.12. The first-order chi connectivity index (χ1) is 13.3. The number of pyridine rings is 1. The number of hydrogen-bond acceptors (Lipinski definition) is 6. The first kappa shape index (κ1) is 19.8. The van der Waals surface area contributed by atoms with Gasteiger partial charge in [-0.05, 0) is 36.4 Å². The number of rotatable bonds is 5. The third-order valence-corrected chi connectivity index (χ3v) is 6.34. The van der Waals surface area contributed by atoms with Crippen molar-refractivity contribution in [2.75, 3.05) is 19.6 Å². The molecule has 1 aliphatic heterocycles. The second kappa shape index (κ2) is 7.95. The van der Waals surface area contributed by atoms with Gasteiger partial charge in [-0.2, -0.15) is 4.31 Å². The molecule has 2 N–H and O–H groups in total. The fourth-order valence-electron chi connectivity index (χ4n) is 2.93. The van der Waals surface area contributed by atoms with E-state index in [1.165, 1.54) is 36.1 Å². The summed E-state index contributed by atoms with van der Waals surface area (Å²) in [6, 6.07) is 8.10. The highest BCUT2D eigenvalue weighted by Crippen LogP contribution is 2.26. The minimum absolute atomic E-state index is 0.00914. The minimum Gasteiger partial charge on any atom is -0.457 e. The van der Waals surface area contributed by atoms with Crippen molar-refractivity contribution in [2.24, 2.45) is 5.73 Å². The van der Waals surface area contributed by atoms with Gasteiger partial charge in [0.05, 0.1) is 4.90 Å². The van der Waals surface area contributed by atoms with Gasteiger partial charge in [0.1, 0.15) is 17.5 Å². The van der Waals surface area contributed by atoms with E-state index in [0.717, 1.165) is 4.31 Å². The molecule has 1 atom stereocenters. The van der Waals surface area contributed by atoms with Crippen LogP contribution in [0.4, 0.5) is 0 Å². The number of sulfonamides is 1. The summed E-state index contributed by atoms with van der Waals surface area (Å²) in [5.74, 6) is -0.00849. The molecular formula is C18H20N4O5S. The third-order valence-electron chi connectivity index (χ3n) is 4.42. The second-order valence-electron chi connectivity index (χ2n) is 6.26. The van der Waals surface area contributed by atoms with Crippen LogP contribution in [-0.4, -0.2) is 60.1 Å². The average molecular weight is 404 g/mol. The molecule has 0 aliphatic carbocycles. The summed E-state index contributed by atoms with van der Waals surface area (Å²) < 4.78 is 32.7. The molecule has 1 aliphatic rings. The molecule has 3 rings (SSSR count). The normalized spacial score (nSPS) is 17.9. The van der Waals surface area contributed by atoms with Gasteiger partial charge >= 0.3 is 0 Å². The second-order valence-corrected chi connectivity index (χ2v) is 8.15. The van der Waals surface area contributed by atoms with Gasteiger partial charge in [0, 0.05) is 39.0 Å². The molecule has 1 aromatic carbocycles. The van der Waals surface area contributed by atoms with Gasteiger partial charge in [-0.15, -0.1) is 0 Å². The summed E-state index contributed by atoms with van der Waals surface area (Å²) in [6.45, 7) is 1.49. The topological polar surface area (TPSA) is 123 Å². The molecule has 1 saturated heterocycles. The first-order valence-corrected chi connectivity index (χ1v) is 9.97. The smallest absolute Gasteiger partial charge is 0.243 e. The van der Waals surface area contributed by atoms with Crippen LogP contribution < -0.4 is 10.5 Å². The van der Waals surface area contributed by atoms with Crippen molar-refractivity contribution in [3.05, 3.63) is 48.8 Å². The summed E-state index contributed by atoms with van der Waals surface area (Å²) in [5, 5.41) is 0. The zero-order chi connectivity index (χ0) is 20.3. The lowest BCUT2D eigenvalue weighted by atomic mass is 10.2. The van der Waals surface area contributed by atoms with Crippen molar-refractivity contribution in [1.29, 1.82) is 0 Å². The van der Waals surface area contributed by atoms with E-state index in [1.807, 2.05) is 0 Å². The van der Waals surface area contributed by atoms with E-state index in [-0.39, 0.29) is 30.4 Å². The molecule has 0 radical (unpaired) electrons. The number of aromatic nitrogens is 1. The fourth-order valence-corrected chi connectivity index (χ4v) is 4.51. The largest absolute Gasteiger partial charge is 0.457 e. The molecule has 1 aromatic heterocycles. The summed E-state index contributed by atoms with van der Waals surface area (Å²) in [7, 11) is -3.97. The number of carbonyl (C=O) groups excluding carboxylic acids is 2. The number of piperazine rings is 1. The van der Waals surface area contributed by atoms with Crippen LogP contribution in [0.5, 0.6) is 11.5 Å². The van der Waals surface area contributed by atoms with E-state index < -0.39 is 22.0 Å². The van der Waals surface area contributed by atoms with Gasteiger partial charge in [-0.1, -0.05) is 0 Å². The molecule has 10 heteroatoms. The molecule has 2 amide bonds. The Bertz CT molecular complexity index is 963. The number of hydrogen-bond donors (Lipinski definition) is 1. The van der Waals surface area contributed by atoms with Crippen LogP contribution in [0.15, 0.2) is 53.7 Å². The van der Waals surface area contributed by atoms with Crippen molar-refractivity contribution in [3.63, 3.8) is 0 Å². The number of carbonyl (C=O) groups is 2. The predicted octanol–water partition coefficient (Wildman–Crippen LogP) is 0.581. The van der Waals surface area contributed by atoms with Crippen LogP contribution in [0, 0.1) is 0 Å². The van der Waals surface area contributed by atoms with Gasteiger partial charge < -0.3 is 15.4 Å². The van der Waals surface area contributed by atoms with Gasteiger partial charge in [-0.3, -0.25) is 14.6 Å². The monoisotopic (exact) mass is 404 g/mol. The lowest BCUT2D eigenvalue weighted by Crippen LogP contribution is -2.60. The Morgan fingerprint density at radius 2 is 1.68 bits per heavy atom. The summed E-state index contributed by atoms with van der Waals surface area (Å²) in [4.78, 5) is 28.7. The molecule has 9 nitrogen and oxygen atoms in total. The van der Waals surface area contributed by atoms with Crippen LogP contribution in [-0.2, 0) is 19.6 Å². The molecule has 2 aromatic rings. The van der Waals surface area contributed by atoms with E-state index >= 15 is 0 Å². The Kier molecular flexibility index (Phi) is 5.61. The van der Waals surface area contributed by atoms with E-state index in [1.54, 1.807) is 24.5 Å². The molecule has 1 fully saturated rings. The van der Waals surface area contributed by atoms with Crippen LogP contribution in [0.3, 0.4) is 0 Å². The summed E-state index contributed by atoms with van der Waals surface area (Å²) in [5.41, 5.74) is 5.40. The Labute approximate surface area is 162 Å². The maximum atomic E-state index is 13.0. The average Bonchev–Trinajstić information content (AvgIpc) is 2.68. The predicted molar refractivity (Wildman–Crippen MR) is 99.9 cm³/mol. The van der Waals surface area contributed by atoms with Crippen LogP contribution in [0.2, 0.25) is 0 Å². The molecule has 148 valence electrons. The number of primary amides is 1. The molecule has 1 unspecified atom stereocenters. The Morgan fingerprint density at radius 1 is 1.07 bits per heavy atom. The lowest BCUT2D eigenvalue weighted by molar-refractivity contribution is -0.133. The molecule has 0 saturated carbocycles. The Morgan fingerprint density at radius 3 is 2.25 bits per heavy atom. The molecule has 0 bridgehead atoms. The maximum absolute atomic E-state index is 13.0. The lowest BCUT2D eigenvalue weighted by Gasteiger charge is -2.38. The van der Waals surface area contributed by atoms with Crippen molar-refractivity contribution >= 4 is 21.8 Å². The highest BCUT2D eigenvalue weighted by atomic mass is 32.2. The van der Waals surface area contributed by atoms with E-state index in [2.05, 4.69) is 4.98 Å². The van der Waals surface area contributed by atoms with E-state index in [9.17, 15) is 18.0 Å².